The summed E-state index contributed by atoms with van der Waals surface area (Å²) in [6, 6.07) is 10.4. The molecule has 0 bridgehead atoms. The standard InChI is InChI=1S/C15H14ClNO3S/c1-10(11-5-2-3-6-12(11)16)17-14(18)9-20-15(19)13-7-4-8-21-13/h2-8,10H,9H2,1H3,(H,17,18)/t10-/m0/s1. The summed E-state index contributed by atoms with van der Waals surface area (Å²) in [6.07, 6.45) is 0. The van der Waals surface area contributed by atoms with E-state index in [4.69, 9.17) is 16.3 Å². The Labute approximate surface area is 131 Å². The number of benzene rings is 1. The molecule has 0 aliphatic carbocycles. The first-order valence-corrected chi connectivity index (χ1v) is 7.58. The number of rotatable bonds is 5. The number of hydrogen-bond donors (Lipinski definition) is 1. The van der Waals surface area contributed by atoms with E-state index < -0.39 is 5.97 Å². The maximum absolute atomic E-state index is 11.8. The molecule has 0 saturated carbocycles. The Balaban J connectivity index is 1.85. The number of hydrogen-bond acceptors (Lipinski definition) is 4. The van der Waals surface area contributed by atoms with Crippen molar-refractivity contribution in [2.45, 2.75) is 13.0 Å². The van der Waals surface area contributed by atoms with Gasteiger partial charge in [0, 0.05) is 5.02 Å². The van der Waals surface area contributed by atoms with Crippen molar-refractivity contribution in [3.05, 3.63) is 57.2 Å². The van der Waals surface area contributed by atoms with E-state index in [-0.39, 0.29) is 18.6 Å². The number of ether oxygens (including phenoxy) is 1. The van der Waals surface area contributed by atoms with Gasteiger partial charge in [-0.15, -0.1) is 11.3 Å². The molecule has 0 fully saturated rings. The second-order valence-corrected chi connectivity index (χ2v) is 5.72. The molecule has 2 rings (SSSR count). The zero-order chi connectivity index (χ0) is 15.2. The first kappa shape index (κ1) is 15.5. The summed E-state index contributed by atoms with van der Waals surface area (Å²) in [5.74, 6) is -0.863. The fourth-order valence-electron chi connectivity index (χ4n) is 1.78. The molecule has 1 N–H and O–H groups in total. The van der Waals surface area contributed by atoms with Crippen LogP contribution in [0.2, 0.25) is 5.02 Å². The van der Waals surface area contributed by atoms with Gasteiger partial charge in [-0.05, 0) is 30.0 Å². The Kier molecular flexibility index (Phi) is 5.36. The van der Waals surface area contributed by atoms with Gasteiger partial charge in [0.05, 0.1) is 6.04 Å². The lowest BCUT2D eigenvalue weighted by atomic mass is 10.1. The van der Waals surface area contributed by atoms with Crippen LogP contribution in [0.3, 0.4) is 0 Å². The van der Waals surface area contributed by atoms with Crippen molar-refractivity contribution in [2.24, 2.45) is 0 Å². The molecule has 1 aromatic heterocycles. The maximum atomic E-state index is 11.8. The van der Waals surface area contributed by atoms with Crippen LogP contribution in [0.25, 0.3) is 0 Å². The summed E-state index contributed by atoms with van der Waals surface area (Å²) < 4.78 is 4.94. The van der Waals surface area contributed by atoms with Gasteiger partial charge in [-0.1, -0.05) is 35.9 Å². The van der Waals surface area contributed by atoms with Crippen molar-refractivity contribution in [2.75, 3.05) is 6.61 Å². The molecule has 2 aromatic rings. The van der Waals surface area contributed by atoms with E-state index in [1.54, 1.807) is 23.6 Å². The van der Waals surface area contributed by atoms with Gasteiger partial charge in [0.25, 0.3) is 5.91 Å². The molecule has 4 nitrogen and oxygen atoms in total. The number of carbonyl (C=O) groups excluding carboxylic acids is 2. The minimum absolute atomic E-state index is 0.258. The van der Waals surface area contributed by atoms with Gasteiger partial charge in [0.2, 0.25) is 0 Å². The van der Waals surface area contributed by atoms with E-state index in [0.29, 0.717) is 9.90 Å². The predicted octanol–water partition coefficient (Wildman–Crippen LogP) is 3.44. The number of nitrogens with one attached hydrogen (secondary N) is 1. The lowest BCUT2D eigenvalue weighted by molar-refractivity contribution is -0.124. The molecule has 0 saturated heterocycles. The quantitative estimate of drug-likeness (QED) is 0.858. The maximum Gasteiger partial charge on any atom is 0.348 e. The second kappa shape index (κ2) is 7.24. The third-order valence-electron chi connectivity index (χ3n) is 2.81. The summed E-state index contributed by atoms with van der Waals surface area (Å²) >= 11 is 7.33. The number of esters is 1. The highest BCUT2D eigenvalue weighted by molar-refractivity contribution is 7.11. The number of amides is 1. The summed E-state index contributed by atoms with van der Waals surface area (Å²) in [4.78, 5) is 23.9. The molecule has 1 aromatic carbocycles. The molecule has 110 valence electrons. The van der Waals surface area contributed by atoms with Crippen LogP contribution in [-0.2, 0) is 9.53 Å². The van der Waals surface area contributed by atoms with Gasteiger partial charge < -0.3 is 10.1 Å². The van der Waals surface area contributed by atoms with Crippen molar-refractivity contribution in [3.63, 3.8) is 0 Å². The summed E-state index contributed by atoms with van der Waals surface area (Å²) in [5, 5.41) is 5.10. The van der Waals surface area contributed by atoms with Gasteiger partial charge in [0.1, 0.15) is 4.88 Å². The predicted molar refractivity (Wildman–Crippen MR) is 82.6 cm³/mol. The Bertz CT molecular complexity index is 628. The Morgan fingerprint density at radius 3 is 2.71 bits per heavy atom. The SMILES string of the molecule is C[C@H](NC(=O)COC(=O)c1cccs1)c1ccccc1Cl. The molecule has 0 radical (unpaired) electrons. The molecule has 0 aliphatic heterocycles. The minimum atomic E-state index is -0.495. The lowest BCUT2D eigenvalue weighted by Gasteiger charge is -2.15. The van der Waals surface area contributed by atoms with Crippen LogP contribution in [0.5, 0.6) is 0 Å². The third-order valence-corrected chi connectivity index (χ3v) is 4.00. The van der Waals surface area contributed by atoms with E-state index in [9.17, 15) is 9.59 Å². The van der Waals surface area contributed by atoms with Crippen LogP contribution >= 0.6 is 22.9 Å². The molecule has 0 spiro atoms. The molecular formula is C15H14ClNO3S. The highest BCUT2D eigenvalue weighted by Crippen LogP contribution is 2.21. The zero-order valence-electron chi connectivity index (χ0n) is 11.3. The van der Waals surface area contributed by atoms with Crippen LogP contribution < -0.4 is 5.32 Å². The van der Waals surface area contributed by atoms with E-state index in [0.717, 1.165) is 5.56 Å². The minimum Gasteiger partial charge on any atom is -0.451 e. The Morgan fingerprint density at radius 1 is 1.29 bits per heavy atom. The fraction of sp³-hybridized carbons (Fsp3) is 0.200. The van der Waals surface area contributed by atoms with Crippen LogP contribution in [-0.4, -0.2) is 18.5 Å². The summed E-state index contributed by atoms with van der Waals surface area (Å²) in [7, 11) is 0. The van der Waals surface area contributed by atoms with E-state index in [1.165, 1.54) is 11.3 Å². The molecule has 1 atom stereocenters. The monoisotopic (exact) mass is 323 g/mol. The van der Waals surface area contributed by atoms with Crippen molar-refractivity contribution >= 4 is 34.8 Å². The third kappa shape index (κ3) is 4.31. The topological polar surface area (TPSA) is 55.4 Å². The van der Waals surface area contributed by atoms with Crippen molar-refractivity contribution in [1.29, 1.82) is 0 Å². The van der Waals surface area contributed by atoms with Gasteiger partial charge >= 0.3 is 5.97 Å². The molecule has 1 amide bonds. The Morgan fingerprint density at radius 2 is 2.05 bits per heavy atom. The highest BCUT2D eigenvalue weighted by Gasteiger charge is 2.14. The number of halogens is 1. The molecule has 0 aliphatic rings. The largest absolute Gasteiger partial charge is 0.451 e. The number of carbonyl (C=O) groups is 2. The van der Waals surface area contributed by atoms with Crippen LogP contribution in [0.4, 0.5) is 0 Å². The van der Waals surface area contributed by atoms with Crippen molar-refractivity contribution < 1.29 is 14.3 Å². The molecule has 0 unspecified atom stereocenters. The normalized spacial score (nSPS) is 11.7. The molecule has 6 heteroatoms. The van der Waals surface area contributed by atoms with E-state index in [2.05, 4.69) is 5.32 Å². The van der Waals surface area contributed by atoms with Gasteiger partial charge in [-0.3, -0.25) is 4.79 Å². The Hall–Kier alpha value is -1.85. The van der Waals surface area contributed by atoms with E-state index in [1.807, 2.05) is 25.1 Å². The fourth-order valence-corrected chi connectivity index (χ4v) is 2.70. The molecular weight excluding hydrogens is 310 g/mol. The van der Waals surface area contributed by atoms with Gasteiger partial charge in [-0.25, -0.2) is 4.79 Å². The smallest absolute Gasteiger partial charge is 0.348 e. The average Bonchev–Trinajstić information content (AvgIpc) is 2.99. The first-order chi connectivity index (χ1) is 10.1. The first-order valence-electron chi connectivity index (χ1n) is 6.32. The van der Waals surface area contributed by atoms with Crippen molar-refractivity contribution in [3.8, 4) is 0 Å². The highest BCUT2D eigenvalue weighted by atomic mass is 35.5. The lowest BCUT2D eigenvalue weighted by Crippen LogP contribution is -2.31. The summed E-state index contributed by atoms with van der Waals surface area (Å²) in [6.45, 7) is 1.51. The number of thiophene rings is 1. The average molecular weight is 324 g/mol. The molecule has 21 heavy (non-hydrogen) atoms. The van der Waals surface area contributed by atoms with E-state index >= 15 is 0 Å². The molecule has 1 heterocycles. The van der Waals surface area contributed by atoms with Crippen LogP contribution in [0.15, 0.2) is 41.8 Å². The van der Waals surface area contributed by atoms with Crippen LogP contribution in [0.1, 0.15) is 28.2 Å². The van der Waals surface area contributed by atoms with Gasteiger partial charge in [0.15, 0.2) is 6.61 Å². The second-order valence-electron chi connectivity index (χ2n) is 4.36. The summed E-state index contributed by atoms with van der Waals surface area (Å²) in [5.41, 5.74) is 0.817. The zero-order valence-corrected chi connectivity index (χ0v) is 12.9. The van der Waals surface area contributed by atoms with Crippen LogP contribution in [0, 0.1) is 0 Å². The van der Waals surface area contributed by atoms with Gasteiger partial charge in [-0.2, -0.15) is 0 Å². The van der Waals surface area contributed by atoms with Crippen molar-refractivity contribution in [1.82, 2.24) is 5.32 Å².